The van der Waals surface area contributed by atoms with E-state index in [4.69, 9.17) is 11.0 Å². The van der Waals surface area contributed by atoms with Gasteiger partial charge in [-0.15, -0.1) is 0 Å². The summed E-state index contributed by atoms with van der Waals surface area (Å²) in [5, 5.41) is 9.10. The molecule has 0 heterocycles. The lowest BCUT2D eigenvalue weighted by Crippen LogP contribution is -2.38. The highest BCUT2D eigenvalue weighted by atomic mass is 14.7. The third-order valence-corrected chi connectivity index (χ3v) is 3.42. The van der Waals surface area contributed by atoms with Crippen LogP contribution in [-0.2, 0) is 0 Å². The molecule has 2 bridgehead atoms. The zero-order valence-corrected chi connectivity index (χ0v) is 7.16. The van der Waals surface area contributed by atoms with E-state index >= 15 is 0 Å². The Morgan fingerprint density at radius 2 is 2.33 bits per heavy atom. The van der Waals surface area contributed by atoms with Gasteiger partial charge < -0.3 is 5.73 Å². The number of nitriles is 1. The van der Waals surface area contributed by atoms with Gasteiger partial charge in [-0.2, -0.15) is 5.26 Å². The van der Waals surface area contributed by atoms with Crippen molar-refractivity contribution in [3.63, 3.8) is 0 Å². The van der Waals surface area contributed by atoms with Crippen LogP contribution in [0.1, 0.15) is 25.7 Å². The molecule has 2 nitrogen and oxygen atoms in total. The maximum Gasteiger partial charge on any atom is 0.0761 e. The number of nitrogens with two attached hydrogens (primary N) is 1. The molecule has 12 heavy (non-hydrogen) atoms. The van der Waals surface area contributed by atoms with E-state index in [1.165, 1.54) is 0 Å². The van der Waals surface area contributed by atoms with Gasteiger partial charge in [0, 0.05) is 6.04 Å². The molecule has 0 amide bonds. The second kappa shape index (κ2) is 2.60. The molecule has 0 aromatic carbocycles. The Morgan fingerprint density at radius 1 is 1.50 bits per heavy atom. The molecule has 0 aromatic rings. The molecule has 1 saturated carbocycles. The summed E-state index contributed by atoms with van der Waals surface area (Å²) in [6.07, 6.45) is 8.38. The quantitative estimate of drug-likeness (QED) is 0.550. The van der Waals surface area contributed by atoms with Crippen LogP contribution in [0, 0.1) is 22.7 Å². The van der Waals surface area contributed by atoms with Crippen LogP contribution in [0.3, 0.4) is 0 Å². The highest BCUT2D eigenvalue weighted by molar-refractivity contribution is 5.17. The van der Waals surface area contributed by atoms with Crippen LogP contribution in [0.2, 0.25) is 0 Å². The Morgan fingerprint density at radius 3 is 3.08 bits per heavy atom. The SMILES string of the molecule is N#CC12CC=CCC(CC1)C2N. The number of nitrogens with zero attached hydrogens (tertiary/aromatic N) is 1. The summed E-state index contributed by atoms with van der Waals surface area (Å²) in [4.78, 5) is 0. The van der Waals surface area contributed by atoms with Crippen molar-refractivity contribution in [2.24, 2.45) is 17.1 Å². The van der Waals surface area contributed by atoms with E-state index in [9.17, 15) is 0 Å². The number of rotatable bonds is 0. The fraction of sp³-hybridized carbons (Fsp3) is 0.700. The minimum absolute atomic E-state index is 0.109. The van der Waals surface area contributed by atoms with Gasteiger partial charge in [0.15, 0.2) is 0 Å². The third-order valence-electron chi connectivity index (χ3n) is 3.42. The largest absolute Gasteiger partial charge is 0.326 e. The summed E-state index contributed by atoms with van der Waals surface area (Å²) >= 11 is 0. The van der Waals surface area contributed by atoms with Crippen molar-refractivity contribution in [2.75, 3.05) is 0 Å². The van der Waals surface area contributed by atoms with Gasteiger partial charge in [-0.05, 0) is 31.6 Å². The minimum atomic E-state index is -0.225. The van der Waals surface area contributed by atoms with Gasteiger partial charge in [0.2, 0.25) is 0 Å². The molecule has 0 radical (unpaired) electrons. The van der Waals surface area contributed by atoms with Crippen molar-refractivity contribution in [3.8, 4) is 6.07 Å². The van der Waals surface area contributed by atoms with E-state index in [1.54, 1.807) is 0 Å². The Kier molecular flexibility index (Phi) is 1.69. The lowest BCUT2D eigenvalue weighted by molar-refractivity contribution is 0.336. The number of allylic oxidation sites excluding steroid dienone is 2. The molecule has 2 aliphatic carbocycles. The highest BCUT2D eigenvalue weighted by Gasteiger charge is 2.46. The van der Waals surface area contributed by atoms with Gasteiger partial charge in [-0.3, -0.25) is 0 Å². The molecule has 1 fully saturated rings. The third kappa shape index (κ3) is 0.899. The number of fused-ring (bicyclic) bond motifs is 2. The smallest absolute Gasteiger partial charge is 0.0761 e. The monoisotopic (exact) mass is 162 g/mol. The maximum atomic E-state index is 9.10. The van der Waals surface area contributed by atoms with Crippen molar-refractivity contribution in [3.05, 3.63) is 12.2 Å². The van der Waals surface area contributed by atoms with Gasteiger partial charge in [0.1, 0.15) is 0 Å². The van der Waals surface area contributed by atoms with E-state index in [0.29, 0.717) is 5.92 Å². The average Bonchev–Trinajstić information content (AvgIpc) is 2.24. The Balaban J connectivity index is 2.33. The normalized spacial score (nSPS) is 45.3. The van der Waals surface area contributed by atoms with E-state index in [1.807, 2.05) is 0 Å². The van der Waals surface area contributed by atoms with Gasteiger partial charge in [-0.1, -0.05) is 12.2 Å². The minimum Gasteiger partial charge on any atom is -0.326 e. The molecule has 2 aliphatic rings. The van der Waals surface area contributed by atoms with E-state index in [0.717, 1.165) is 25.7 Å². The van der Waals surface area contributed by atoms with Gasteiger partial charge in [0.05, 0.1) is 11.5 Å². The molecule has 3 unspecified atom stereocenters. The van der Waals surface area contributed by atoms with Crippen molar-refractivity contribution in [1.29, 1.82) is 5.26 Å². The van der Waals surface area contributed by atoms with Crippen LogP contribution in [0.25, 0.3) is 0 Å². The van der Waals surface area contributed by atoms with Gasteiger partial charge in [-0.25, -0.2) is 0 Å². The molecule has 2 N–H and O–H groups in total. The predicted molar refractivity (Wildman–Crippen MR) is 47.1 cm³/mol. The molecule has 0 saturated heterocycles. The average molecular weight is 162 g/mol. The molecule has 2 heteroatoms. The maximum absolute atomic E-state index is 9.10. The summed E-state index contributed by atoms with van der Waals surface area (Å²) in [6, 6.07) is 2.53. The Labute approximate surface area is 73.1 Å². The van der Waals surface area contributed by atoms with Crippen LogP contribution in [0.5, 0.6) is 0 Å². The fourth-order valence-corrected chi connectivity index (χ4v) is 2.48. The second-order valence-corrected chi connectivity index (χ2v) is 4.00. The van der Waals surface area contributed by atoms with Crippen LogP contribution in [-0.4, -0.2) is 6.04 Å². The number of hydrogen-bond acceptors (Lipinski definition) is 2. The van der Waals surface area contributed by atoms with E-state index in [-0.39, 0.29) is 11.5 Å². The van der Waals surface area contributed by atoms with Crippen molar-refractivity contribution < 1.29 is 0 Å². The lowest BCUT2D eigenvalue weighted by atomic mass is 9.80. The first-order valence-corrected chi connectivity index (χ1v) is 4.60. The summed E-state index contributed by atoms with van der Waals surface area (Å²) in [6.45, 7) is 0. The van der Waals surface area contributed by atoms with E-state index < -0.39 is 0 Å². The van der Waals surface area contributed by atoms with Crippen LogP contribution in [0.4, 0.5) is 0 Å². The predicted octanol–water partition coefficient (Wildman–Crippen LogP) is 1.58. The summed E-state index contributed by atoms with van der Waals surface area (Å²) in [5.41, 5.74) is 5.84. The molecular formula is C10H14N2. The number of hydrogen-bond donors (Lipinski definition) is 1. The molecule has 64 valence electrons. The zero-order valence-electron chi connectivity index (χ0n) is 7.16. The topological polar surface area (TPSA) is 49.8 Å². The second-order valence-electron chi connectivity index (χ2n) is 4.00. The lowest BCUT2D eigenvalue weighted by Gasteiger charge is -2.25. The Bertz CT molecular complexity index is 251. The molecule has 0 aromatic heterocycles. The summed E-state index contributed by atoms with van der Waals surface area (Å²) in [5.74, 6) is 0.559. The van der Waals surface area contributed by atoms with Crippen LogP contribution in [0.15, 0.2) is 12.2 Å². The summed E-state index contributed by atoms with van der Waals surface area (Å²) in [7, 11) is 0. The fourth-order valence-electron chi connectivity index (χ4n) is 2.48. The highest BCUT2D eigenvalue weighted by Crippen LogP contribution is 2.46. The van der Waals surface area contributed by atoms with Gasteiger partial charge in [0.25, 0.3) is 0 Å². The summed E-state index contributed by atoms with van der Waals surface area (Å²) < 4.78 is 0. The van der Waals surface area contributed by atoms with Crippen molar-refractivity contribution in [2.45, 2.75) is 31.7 Å². The molecule has 0 spiro atoms. The zero-order chi connectivity index (χ0) is 8.60. The molecule has 2 rings (SSSR count). The van der Waals surface area contributed by atoms with Crippen molar-refractivity contribution >= 4 is 0 Å². The first-order valence-electron chi connectivity index (χ1n) is 4.60. The first-order chi connectivity index (χ1) is 5.78. The molecule has 3 atom stereocenters. The van der Waals surface area contributed by atoms with Crippen LogP contribution < -0.4 is 5.73 Å². The van der Waals surface area contributed by atoms with Gasteiger partial charge >= 0.3 is 0 Å². The first kappa shape index (κ1) is 7.82. The molecular weight excluding hydrogens is 148 g/mol. The standard InChI is InChI=1S/C10H14N2/c11-7-10-5-2-1-3-8(4-6-10)9(10)12/h1-2,8-9H,3-6,12H2. The van der Waals surface area contributed by atoms with E-state index in [2.05, 4.69) is 18.2 Å². The van der Waals surface area contributed by atoms with Crippen LogP contribution >= 0.6 is 0 Å². The van der Waals surface area contributed by atoms with Crippen molar-refractivity contribution in [1.82, 2.24) is 0 Å². The Hall–Kier alpha value is -0.810. The molecule has 0 aliphatic heterocycles.